The average molecular weight is 445 g/mol. The lowest BCUT2D eigenvalue weighted by molar-refractivity contribution is -0.115. The number of hydrogen-bond acceptors (Lipinski definition) is 5. The Bertz CT molecular complexity index is 1260. The first-order chi connectivity index (χ1) is 15.6. The molecule has 4 aromatic rings. The average Bonchev–Trinajstić information content (AvgIpc) is 3.48. The molecule has 7 heteroatoms. The largest absolute Gasteiger partial charge is 0.459 e. The molecule has 0 saturated heterocycles. The molecule has 2 aromatic carbocycles. The van der Waals surface area contributed by atoms with E-state index in [1.165, 1.54) is 6.08 Å². The molecule has 0 bridgehead atoms. The van der Waals surface area contributed by atoms with Crippen molar-refractivity contribution in [2.75, 3.05) is 5.32 Å². The summed E-state index contributed by atoms with van der Waals surface area (Å²) in [6, 6.07) is 24.2. The Labute approximate surface area is 190 Å². The van der Waals surface area contributed by atoms with E-state index >= 15 is 0 Å². The highest BCUT2D eigenvalue weighted by Crippen LogP contribution is 2.25. The maximum Gasteiger partial charge on any atom is 0.250 e. The van der Waals surface area contributed by atoms with E-state index in [1.807, 2.05) is 60.7 Å². The minimum absolute atomic E-state index is 0.160. The molecule has 6 nitrogen and oxygen atoms in total. The monoisotopic (exact) mass is 444 g/mol. The molecule has 4 rings (SSSR count). The van der Waals surface area contributed by atoms with Gasteiger partial charge < -0.3 is 19.3 Å². The van der Waals surface area contributed by atoms with Crippen molar-refractivity contribution < 1.29 is 18.7 Å². The minimum atomic E-state index is -0.380. The van der Waals surface area contributed by atoms with Gasteiger partial charge in [-0.25, -0.2) is 0 Å². The normalized spacial score (nSPS) is 10.9. The highest BCUT2D eigenvalue weighted by molar-refractivity contribution is 7.80. The van der Waals surface area contributed by atoms with E-state index in [9.17, 15) is 4.79 Å². The number of carbonyl (C=O) groups is 1. The van der Waals surface area contributed by atoms with E-state index in [1.54, 1.807) is 24.3 Å². The number of amides is 1. The lowest BCUT2D eigenvalue weighted by Crippen LogP contribution is -2.32. The number of carbonyl (C=O) groups excluding carboxylic acids is 1. The summed E-state index contributed by atoms with van der Waals surface area (Å²) in [6.07, 6.45) is 2.94. The van der Waals surface area contributed by atoms with Crippen LogP contribution in [-0.4, -0.2) is 16.1 Å². The first kappa shape index (κ1) is 21.3. The Kier molecular flexibility index (Phi) is 6.60. The molecule has 160 valence electrons. The molecule has 2 heterocycles. The smallest absolute Gasteiger partial charge is 0.250 e. The zero-order chi connectivity index (χ0) is 22.3. The highest BCUT2D eigenvalue weighted by atomic mass is 32.1. The Morgan fingerprint density at radius 3 is 2.44 bits per heavy atom. The van der Waals surface area contributed by atoms with Gasteiger partial charge in [0.2, 0.25) is 5.91 Å². The van der Waals surface area contributed by atoms with Crippen molar-refractivity contribution in [3.63, 3.8) is 0 Å². The predicted octanol–water partition coefficient (Wildman–Crippen LogP) is 5.23. The number of aliphatic hydroxyl groups is 1. The van der Waals surface area contributed by atoms with Gasteiger partial charge in [-0.2, -0.15) is 0 Å². The van der Waals surface area contributed by atoms with Gasteiger partial charge in [0.15, 0.2) is 5.11 Å². The van der Waals surface area contributed by atoms with E-state index in [0.29, 0.717) is 23.0 Å². The van der Waals surface area contributed by atoms with Gasteiger partial charge in [0.1, 0.15) is 29.6 Å². The van der Waals surface area contributed by atoms with Crippen LogP contribution in [0.4, 0.5) is 5.69 Å². The van der Waals surface area contributed by atoms with Crippen LogP contribution < -0.4 is 10.6 Å². The van der Waals surface area contributed by atoms with Crippen molar-refractivity contribution in [2.24, 2.45) is 0 Å². The molecular weight excluding hydrogens is 424 g/mol. The highest BCUT2D eigenvalue weighted by Gasteiger charge is 2.07. The second-order valence-corrected chi connectivity index (χ2v) is 7.26. The molecule has 0 spiro atoms. The number of hydrogen-bond donors (Lipinski definition) is 3. The molecule has 32 heavy (non-hydrogen) atoms. The van der Waals surface area contributed by atoms with E-state index in [2.05, 4.69) is 10.6 Å². The topological polar surface area (TPSA) is 87.6 Å². The Morgan fingerprint density at radius 1 is 0.906 bits per heavy atom. The molecule has 0 saturated carbocycles. The first-order valence-electron chi connectivity index (χ1n) is 9.86. The molecule has 1 amide bonds. The number of thiocarbonyl (C=S) groups is 1. The van der Waals surface area contributed by atoms with E-state index < -0.39 is 0 Å². The molecule has 3 N–H and O–H groups in total. The molecular formula is C25H20N2O4S. The van der Waals surface area contributed by atoms with Gasteiger partial charge in [0.05, 0.1) is 0 Å². The standard InChI is InChI=1S/C25H20N2O4S/c28-16-21-10-13-23(31-21)18-7-4-8-19(15-18)26-25(32)27-24(29)14-11-20-9-12-22(30-20)17-5-2-1-3-6-17/h1-15,28H,16H2,(H2,26,27,29,32). The van der Waals surface area contributed by atoms with Crippen molar-refractivity contribution in [1.82, 2.24) is 5.32 Å². The Balaban J connectivity index is 1.34. The number of benzene rings is 2. The zero-order valence-corrected chi connectivity index (χ0v) is 17.8. The Hall–Kier alpha value is -3.94. The lowest BCUT2D eigenvalue weighted by atomic mass is 10.1. The number of nitrogens with one attached hydrogen (secondary N) is 2. The van der Waals surface area contributed by atoms with Crippen molar-refractivity contribution in [1.29, 1.82) is 0 Å². The molecule has 0 radical (unpaired) electrons. The van der Waals surface area contributed by atoms with Crippen LogP contribution in [-0.2, 0) is 11.4 Å². The summed E-state index contributed by atoms with van der Waals surface area (Å²) in [7, 11) is 0. The maximum atomic E-state index is 12.2. The van der Waals surface area contributed by atoms with Gasteiger partial charge in [-0.05, 0) is 54.7 Å². The van der Waals surface area contributed by atoms with Gasteiger partial charge in [0.25, 0.3) is 0 Å². The summed E-state index contributed by atoms with van der Waals surface area (Å²) in [5.41, 5.74) is 2.47. The van der Waals surface area contributed by atoms with Crippen LogP contribution in [0, 0.1) is 0 Å². The van der Waals surface area contributed by atoms with E-state index in [-0.39, 0.29) is 17.6 Å². The third-order valence-corrected chi connectivity index (χ3v) is 4.75. The van der Waals surface area contributed by atoms with Gasteiger partial charge in [-0.1, -0.05) is 42.5 Å². The van der Waals surface area contributed by atoms with Gasteiger partial charge in [0, 0.05) is 22.9 Å². The Morgan fingerprint density at radius 2 is 1.66 bits per heavy atom. The summed E-state index contributed by atoms with van der Waals surface area (Å²) in [5.74, 6) is 2.02. The maximum absolute atomic E-state index is 12.2. The molecule has 0 aliphatic heterocycles. The fourth-order valence-corrected chi connectivity index (χ4v) is 3.26. The zero-order valence-electron chi connectivity index (χ0n) is 16.9. The predicted molar refractivity (Wildman–Crippen MR) is 128 cm³/mol. The summed E-state index contributed by atoms with van der Waals surface area (Å²) in [5, 5.41) is 14.9. The second-order valence-electron chi connectivity index (χ2n) is 6.85. The van der Waals surface area contributed by atoms with Crippen LogP contribution in [0.2, 0.25) is 0 Å². The summed E-state index contributed by atoms with van der Waals surface area (Å²) in [6.45, 7) is -0.160. The molecule has 0 aliphatic carbocycles. The fourth-order valence-electron chi connectivity index (χ4n) is 3.04. The third-order valence-electron chi connectivity index (χ3n) is 4.54. The quantitative estimate of drug-likeness (QED) is 0.279. The molecule has 2 aromatic heterocycles. The lowest BCUT2D eigenvalue weighted by Gasteiger charge is -2.09. The van der Waals surface area contributed by atoms with Crippen molar-refractivity contribution in [3.05, 3.63) is 96.5 Å². The SMILES string of the molecule is O=C(C=Cc1ccc(-c2ccccc2)o1)NC(=S)Nc1cccc(-c2ccc(CO)o2)c1. The van der Waals surface area contributed by atoms with Gasteiger partial charge >= 0.3 is 0 Å². The van der Waals surface area contributed by atoms with Crippen molar-refractivity contribution >= 4 is 35.0 Å². The van der Waals surface area contributed by atoms with Crippen LogP contribution in [0.25, 0.3) is 28.7 Å². The van der Waals surface area contributed by atoms with Crippen LogP contribution >= 0.6 is 12.2 Å². The summed E-state index contributed by atoms with van der Waals surface area (Å²) < 4.78 is 11.3. The van der Waals surface area contributed by atoms with E-state index in [0.717, 1.165) is 16.9 Å². The van der Waals surface area contributed by atoms with Crippen LogP contribution in [0.1, 0.15) is 11.5 Å². The summed E-state index contributed by atoms with van der Waals surface area (Å²) >= 11 is 5.24. The first-order valence-corrected chi connectivity index (χ1v) is 10.3. The summed E-state index contributed by atoms with van der Waals surface area (Å²) in [4.78, 5) is 12.2. The molecule has 0 atom stereocenters. The van der Waals surface area contributed by atoms with Gasteiger partial charge in [-0.15, -0.1) is 0 Å². The number of furan rings is 2. The van der Waals surface area contributed by atoms with Crippen LogP contribution in [0.5, 0.6) is 0 Å². The fraction of sp³-hybridized carbons (Fsp3) is 0.0400. The number of rotatable bonds is 6. The van der Waals surface area contributed by atoms with Crippen LogP contribution in [0.3, 0.4) is 0 Å². The van der Waals surface area contributed by atoms with E-state index in [4.69, 9.17) is 26.2 Å². The van der Waals surface area contributed by atoms with Crippen LogP contribution in [0.15, 0.2) is 93.8 Å². The number of anilines is 1. The van der Waals surface area contributed by atoms with Gasteiger partial charge in [-0.3, -0.25) is 10.1 Å². The third kappa shape index (κ3) is 5.40. The molecule has 0 aliphatic rings. The molecule has 0 unspecified atom stereocenters. The molecule has 0 fully saturated rings. The van der Waals surface area contributed by atoms with Crippen molar-refractivity contribution in [3.8, 4) is 22.6 Å². The van der Waals surface area contributed by atoms with Crippen molar-refractivity contribution in [2.45, 2.75) is 6.61 Å². The number of aliphatic hydroxyl groups excluding tert-OH is 1. The second kappa shape index (κ2) is 9.91. The minimum Gasteiger partial charge on any atom is -0.459 e.